The summed E-state index contributed by atoms with van der Waals surface area (Å²) in [5.74, 6) is -0.371. The van der Waals surface area contributed by atoms with Crippen molar-refractivity contribution in [1.82, 2.24) is 9.78 Å². The molecular weight excluding hydrogens is 376 g/mol. The molecule has 0 atom stereocenters. The zero-order valence-corrected chi connectivity index (χ0v) is 15.5. The SMILES string of the molecule is Cc1cc(-c2ccc(F)c(CN)c2)nn(Cc2c(Cl)cccc2Cl)c1=O. The summed E-state index contributed by atoms with van der Waals surface area (Å²) in [5, 5.41) is 5.33. The summed E-state index contributed by atoms with van der Waals surface area (Å²) in [6.45, 7) is 1.91. The second-order valence-corrected chi connectivity index (χ2v) is 6.70. The van der Waals surface area contributed by atoms with E-state index in [4.69, 9.17) is 28.9 Å². The van der Waals surface area contributed by atoms with E-state index >= 15 is 0 Å². The Hall–Kier alpha value is -2.21. The molecule has 3 rings (SSSR count). The lowest BCUT2D eigenvalue weighted by molar-refractivity contribution is 0.610. The van der Waals surface area contributed by atoms with Crippen LogP contribution in [0.25, 0.3) is 11.3 Å². The van der Waals surface area contributed by atoms with Crippen LogP contribution in [0.4, 0.5) is 4.39 Å². The maximum atomic E-state index is 13.7. The van der Waals surface area contributed by atoms with Gasteiger partial charge in [0.1, 0.15) is 5.82 Å². The maximum absolute atomic E-state index is 13.7. The summed E-state index contributed by atoms with van der Waals surface area (Å²) in [5.41, 5.74) is 8.05. The monoisotopic (exact) mass is 391 g/mol. The molecule has 134 valence electrons. The highest BCUT2D eigenvalue weighted by atomic mass is 35.5. The molecule has 7 heteroatoms. The number of rotatable bonds is 4. The Bertz CT molecular complexity index is 1010. The Balaban J connectivity index is 2.10. The largest absolute Gasteiger partial charge is 0.326 e. The molecule has 0 aliphatic carbocycles. The third-order valence-electron chi connectivity index (χ3n) is 4.08. The Labute approximate surface area is 160 Å². The van der Waals surface area contributed by atoms with E-state index in [1.165, 1.54) is 10.7 Å². The Morgan fingerprint density at radius 2 is 1.85 bits per heavy atom. The van der Waals surface area contributed by atoms with Gasteiger partial charge in [-0.15, -0.1) is 0 Å². The van der Waals surface area contributed by atoms with Gasteiger partial charge in [0.15, 0.2) is 0 Å². The van der Waals surface area contributed by atoms with E-state index < -0.39 is 0 Å². The molecule has 0 aliphatic rings. The molecule has 0 bridgehead atoms. The molecule has 0 spiro atoms. The first-order valence-corrected chi connectivity index (χ1v) is 8.67. The van der Waals surface area contributed by atoms with Gasteiger partial charge in [-0.25, -0.2) is 9.07 Å². The van der Waals surface area contributed by atoms with E-state index in [0.717, 1.165) is 0 Å². The van der Waals surface area contributed by atoms with Crippen molar-refractivity contribution in [2.75, 3.05) is 0 Å². The molecule has 3 aromatic rings. The van der Waals surface area contributed by atoms with Gasteiger partial charge in [0, 0.05) is 38.8 Å². The van der Waals surface area contributed by atoms with Crippen molar-refractivity contribution in [3.05, 3.63) is 85.4 Å². The Kier molecular flexibility index (Phi) is 5.41. The maximum Gasteiger partial charge on any atom is 0.270 e. The third-order valence-corrected chi connectivity index (χ3v) is 4.79. The van der Waals surface area contributed by atoms with Gasteiger partial charge in [0.25, 0.3) is 5.56 Å². The minimum absolute atomic E-state index is 0.0769. The highest BCUT2D eigenvalue weighted by molar-refractivity contribution is 6.35. The zero-order chi connectivity index (χ0) is 18.8. The standard InChI is InChI=1S/C19H16Cl2FN3O/c1-11-7-18(12-5-6-17(22)13(8-12)9-23)24-25(19(11)26)10-14-15(20)3-2-4-16(14)21/h2-8H,9-10,23H2,1H3. The highest BCUT2D eigenvalue weighted by Gasteiger charge is 2.13. The van der Waals surface area contributed by atoms with E-state index in [9.17, 15) is 9.18 Å². The zero-order valence-electron chi connectivity index (χ0n) is 14.0. The van der Waals surface area contributed by atoms with Crippen LogP contribution in [0.3, 0.4) is 0 Å². The van der Waals surface area contributed by atoms with Crippen LogP contribution in [0.5, 0.6) is 0 Å². The molecule has 0 unspecified atom stereocenters. The van der Waals surface area contributed by atoms with Gasteiger partial charge >= 0.3 is 0 Å². The van der Waals surface area contributed by atoms with E-state index in [2.05, 4.69) is 5.10 Å². The number of nitrogens with zero attached hydrogens (tertiary/aromatic N) is 2. The van der Waals surface area contributed by atoms with Crippen LogP contribution in [-0.4, -0.2) is 9.78 Å². The summed E-state index contributed by atoms with van der Waals surface area (Å²) < 4.78 is 15.0. The molecule has 0 radical (unpaired) electrons. The number of benzene rings is 2. The molecular formula is C19H16Cl2FN3O. The Morgan fingerprint density at radius 3 is 2.50 bits per heavy atom. The number of aromatic nitrogens is 2. The number of hydrogen-bond donors (Lipinski definition) is 1. The fourth-order valence-electron chi connectivity index (χ4n) is 2.65. The van der Waals surface area contributed by atoms with Gasteiger partial charge in [-0.05, 0) is 43.3 Å². The van der Waals surface area contributed by atoms with Crippen molar-refractivity contribution in [3.63, 3.8) is 0 Å². The highest BCUT2D eigenvalue weighted by Crippen LogP contribution is 2.25. The van der Waals surface area contributed by atoms with Crippen molar-refractivity contribution in [3.8, 4) is 11.3 Å². The molecule has 1 heterocycles. The average Bonchev–Trinajstić information content (AvgIpc) is 2.62. The van der Waals surface area contributed by atoms with Crippen LogP contribution in [-0.2, 0) is 13.1 Å². The first-order chi connectivity index (χ1) is 12.4. The lowest BCUT2D eigenvalue weighted by Gasteiger charge is -2.12. The lowest BCUT2D eigenvalue weighted by atomic mass is 10.1. The minimum atomic E-state index is -0.371. The van der Waals surface area contributed by atoms with Crippen molar-refractivity contribution < 1.29 is 4.39 Å². The van der Waals surface area contributed by atoms with Crippen LogP contribution >= 0.6 is 23.2 Å². The molecule has 0 saturated carbocycles. The predicted octanol–water partition coefficient (Wildman–Crippen LogP) is 4.17. The van der Waals surface area contributed by atoms with Crippen LogP contribution in [0.1, 0.15) is 16.7 Å². The summed E-state index contributed by atoms with van der Waals surface area (Å²) >= 11 is 12.4. The van der Waals surface area contributed by atoms with Gasteiger partial charge in [-0.1, -0.05) is 29.3 Å². The van der Waals surface area contributed by atoms with Crippen molar-refractivity contribution in [1.29, 1.82) is 0 Å². The minimum Gasteiger partial charge on any atom is -0.326 e. The van der Waals surface area contributed by atoms with E-state index in [0.29, 0.717) is 38.0 Å². The summed E-state index contributed by atoms with van der Waals surface area (Å²) in [4.78, 5) is 12.5. The molecule has 0 saturated heterocycles. The van der Waals surface area contributed by atoms with E-state index in [1.54, 1.807) is 43.3 Å². The molecule has 0 amide bonds. The number of hydrogen-bond acceptors (Lipinski definition) is 3. The Morgan fingerprint density at radius 1 is 1.15 bits per heavy atom. The molecule has 2 N–H and O–H groups in total. The van der Waals surface area contributed by atoms with Crippen molar-refractivity contribution in [2.24, 2.45) is 5.73 Å². The fraction of sp³-hybridized carbons (Fsp3) is 0.158. The van der Waals surface area contributed by atoms with Crippen molar-refractivity contribution in [2.45, 2.75) is 20.0 Å². The number of aryl methyl sites for hydroxylation is 1. The number of halogens is 3. The molecule has 1 aromatic heterocycles. The quantitative estimate of drug-likeness (QED) is 0.725. The van der Waals surface area contributed by atoms with Crippen molar-refractivity contribution >= 4 is 23.2 Å². The molecule has 2 aromatic carbocycles. The second-order valence-electron chi connectivity index (χ2n) is 5.89. The molecule has 0 aliphatic heterocycles. The third kappa shape index (κ3) is 3.65. The number of nitrogens with two attached hydrogens (primary N) is 1. The molecule has 0 fully saturated rings. The molecule has 4 nitrogen and oxygen atoms in total. The first-order valence-electron chi connectivity index (χ1n) is 7.91. The normalized spacial score (nSPS) is 11.0. The van der Waals surface area contributed by atoms with Gasteiger partial charge in [-0.3, -0.25) is 4.79 Å². The van der Waals surface area contributed by atoms with E-state index in [1.807, 2.05) is 0 Å². The van der Waals surface area contributed by atoms with Gasteiger partial charge in [-0.2, -0.15) is 5.10 Å². The topological polar surface area (TPSA) is 60.9 Å². The van der Waals surface area contributed by atoms with Gasteiger partial charge < -0.3 is 5.73 Å². The summed E-state index contributed by atoms with van der Waals surface area (Å²) in [7, 11) is 0. The average molecular weight is 392 g/mol. The smallest absolute Gasteiger partial charge is 0.270 e. The summed E-state index contributed by atoms with van der Waals surface area (Å²) in [6, 6.07) is 11.4. The fourth-order valence-corrected chi connectivity index (χ4v) is 3.16. The van der Waals surface area contributed by atoms with Crippen LogP contribution < -0.4 is 11.3 Å². The van der Waals surface area contributed by atoms with Crippen LogP contribution in [0.2, 0.25) is 10.0 Å². The lowest BCUT2D eigenvalue weighted by Crippen LogP contribution is -2.26. The predicted molar refractivity (Wildman–Crippen MR) is 102 cm³/mol. The second kappa shape index (κ2) is 7.58. The van der Waals surface area contributed by atoms with Crippen LogP contribution in [0, 0.1) is 12.7 Å². The molecule has 26 heavy (non-hydrogen) atoms. The first kappa shape index (κ1) is 18.6. The van der Waals surface area contributed by atoms with E-state index in [-0.39, 0.29) is 24.5 Å². The summed E-state index contributed by atoms with van der Waals surface area (Å²) in [6.07, 6.45) is 0. The van der Waals surface area contributed by atoms with Gasteiger partial charge in [0.2, 0.25) is 0 Å². The van der Waals surface area contributed by atoms with Crippen LogP contribution in [0.15, 0.2) is 47.3 Å². The van der Waals surface area contributed by atoms with Gasteiger partial charge in [0.05, 0.1) is 12.2 Å².